The van der Waals surface area contributed by atoms with E-state index in [2.05, 4.69) is 105 Å². The van der Waals surface area contributed by atoms with E-state index in [1.165, 1.54) is 6.08 Å². The minimum absolute atomic E-state index is 0.324. The summed E-state index contributed by atoms with van der Waals surface area (Å²) in [6.45, 7) is 39.9. The SMILES string of the molecule is C=C(C)C(=O)OCCC[Si](C)(O[Si](C)(C)C)O[Si](C)(C)C.C=CC(=O)OCCC[Si](C)(O[Si](C)(C)C)O[Si](C)(C)C. The van der Waals surface area contributed by atoms with Gasteiger partial charge in [0.25, 0.3) is 0 Å². The fourth-order valence-corrected chi connectivity index (χ4v) is 29.2. The molecule has 0 spiro atoms. The molecule has 0 atom stereocenters. The van der Waals surface area contributed by atoms with Crippen LogP contribution in [0.2, 0.25) is 104 Å². The summed E-state index contributed by atoms with van der Waals surface area (Å²) >= 11 is 0. The summed E-state index contributed by atoms with van der Waals surface area (Å²) in [7, 11) is -11.0. The van der Waals surface area contributed by atoms with Crippen LogP contribution in [0, 0.1) is 0 Å². The normalized spacial score (nSPS) is 13.1. The first-order valence-corrected chi connectivity index (χ1v) is 33.2. The molecule has 14 heteroatoms. The van der Waals surface area contributed by atoms with E-state index < -0.39 is 50.4 Å². The van der Waals surface area contributed by atoms with Gasteiger partial charge in [-0.15, -0.1) is 0 Å². The summed E-state index contributed by atoms with van der Waals surface area (Å²) in [5, 5.41) is 0. The first-order chi connectivity index (χ1) is 18.1. The maximum Gasteiger partial charge on any atom is 0.333 e. The van der Waals surface area contributed by atoms with Crippen molar-refractivity contribution in [1.82, 2.24) is 0 Å². The molecule has 0 saturated carbocycles. The molecule has 0 amide bonds. The number of ether oxygens (including phenoxy) is 2. The molecule has 0 heterocycles. The van der Waals surface area contributed by atoms with E-state index in [0.29, 0.717) is 18.8 Å². The van der Waals surface area contributed by atoms with Gasteiger partial charge in [0.05, 0.1) is 13.2 Å². The predicted molar refractivity (Wildman–Crippen MR) is 187 cm³/mol. The molecular weight excluding hydrogens is 621 g/mol. The van der Waals surface area contributed by atoms with Crippen molar-refractivity contribution in [2.24, 2.45) is 0 Å². The third-order valence-corrected chi connectivity index (χ3v) is 23.9. The Morgan fingerprint density at radius 2 is 0.878 bits per heavy atom. The zero-order valence-corrected chi connectivity index (χ0v) is 35.0. The lowest BCUT2D eigenvalue weighted by atomic mass is 10.4. The molecule has 0 aromatic rings. The third-order valence-electron chi connectivity index (χ3n) is 4.63. The van der Waals surface area contributed by atoms with E-state index in [4.69, 9.17) is 25.9 Å². The fraction of sp³-hybridized carbons (Fsp3) is 0.778. The zero-order chi connectivity index (χ0) is 32.9. The summed E-state index contributed by atoms with van der Waals surface area (Å²) < 4.78 is 35.7. The maximum atomic E-state index is 11.4. The number of hydrogen-bond acceptors (Lipinski definition) is 8. The molecule has 0 aromatic heterocycles. The molecule has 0 N–H and O–H groups in total. The number of hydrogen-bond donors (Lipinski definition) is 0. The maximum absolute atomic E-state index is 11.4. The van der Waals surface area contributed by atoms with Gasteiger partial charge >= 0.3 is 29.1 Å². The first kappa shape index (κ1) is 42.7. The Kier molecular flexibility index (Phi) is 18.5. The second-order valence-corrected chi connectivity index (χ2v) is 40.3. The van der Waals surface area contributed by atoms with Crippen LogP contribution in [0.25, 0.3) is 0 Å². The number of esters is 2. The van der Waals surface area contributed by atoms with Crippen LogP contribution >= 0.6 is 0 Å². The quantitative estimate of drug-likeness (QED) is 0.0619. The van der Waals surface area contributed by atoms with Crippen LogP contribution in [-0.2, 0) is 35.5 Å². The van der Waals surface area contributed by atoms with E-state index >= 15 is 0 Å². The molecule has 0 fully saturated rings. The Morgan fingerprint density at radius 1 is 0.585 bits per heavy atom. The summed E-state index contributed by atoms with van der Waals surface area (Å²) in [6, 6.07) is 1.71. The van der Waals surface area contributed by atoms with E-state index in [0.717, 1.165) is 24.9 Å². The fourth-order valence-electron chi connectivity index (χ4n) is 4.14. The molecule has 242 valence electrons. The first-order valence-electron chi connectivity index (χ1n) is 14.5. The van der Waals surface area contributed by atoms with Gasteiger partial charge in [0.2, 0.25) is 0 Å². The van der Waals surface area contributed by atoms with Gasteiger partial charge in [0.15, 0.2) is 33.3 Å². The Morgan fingerprint density at radius 3 is 1.12 bits per heavy atom. The smallest absolute Gasteiger partial charge is 0.333 e. The molecule has 0 aromatic carbocycles. The van der Waals surface area contributed by atoms with Crippen LogP contribution < -0.4 is 0 Å². The third kappa shape index (κ3) is 26.9. The largest absolute Gasteiger partial charge is 0.463 e. The molecule has 0 unspecified atom stereocenters. The zero-order valence-electron chi connectivity index (χ0n) is 29.0. The van der Waals surface area contributed by atoms with E-state index in [-0.39, 0.29) is 11.9 Å². The van der Waals surface area contributed by atoms with Gasteiger partial charge in [0, 0.05) is 11.6 Å². The lowest BCUT2D eigenvalue weighted by Crippen LogP contribution is -2.52. The van der Waals surface area contributed by atoms with Gasteiger partial charge in [-0.3, -0.25) is 0 Å². The lowest BCUT2D eigenvalue weighted by Gasteiger charge is -2.38. The average molecular weight is 683 g/mol. The van der Waals surface area contributed by atoms with E-state index in [1.54, 1.807) is 6.92 Å². The van der Waals surface area contributed by atoms with Crippen molar-refractivity contribution in [1.29, 1.82) is 0 Å². The van der Waals surface area contributed by atoms with Crippen molar-refractivity contribution in [3.8, 4) is 0 Å². The van der Waals surface area contributed by atoms with Gasteiger partial charge in [-0.2, -0.15) is 0 Å². The summed E-state index contributed by atoms with van der Waals surface area (Å²) in [4.78, 5) is 22.4. The topological polar surface area (TPSA) is 89.5 Å². The highest BCUT2D eigenvalue weighted by Crippen LogP contribution is 2.26. The van der Waals surface area contributed by atoms with Crippen molar-refractivity contribution in [2.75, 3.05) is 13.2 Å². The summed E-state index contributed by atoms with van der Waals surface area (Å²) in [6.07, 6.45) is 2.74. The molecule has 41 heavy (non-hydrogen) atoms. The molecular formula is C27H62O8Si6. The Bertz CT molecular complexity index is 807. The Labute approximate surface area is 258 Å². The molecule has 0 aliphatic heterocycles. The second kappa shape index (κ2) is 17.8. The minimum atomic E-state index is -2.21. The summed E-state index contributed by atoms with van der Waals surface area (Å²) in [5.41, 5.74) is 0.437. The van der Waals surface area contributed by atoms with Crippen LogP contribution in [0.1, 0.15) is 19.8 Å². The van der Waals surface area contributed by atoms with Gasteiger partial charge in [-0.05, 0) is 124 Å². The van der Waals surface area contributed by atoms with Crippen LogP contribution in [0.4, 0.5) is 0 Å². The standard InChI is InChI=1S/C14H32O4Si3.C13H30O4Si3/c1-13(2)14(15)16-11-10-12-21(9,17-19(3,4)5)18-20(6,7)8;1-9-13(14)15-11-10-12-20(8,16-18(2,3)4)17-19(5,6)7/h1,10-12H2,2-9H3;9H,1,10-12H2,2-8H3. The number of carbonyl (C=O) groups is 2. The number of carbonyl (C=O) groups excluding carboxylic acids is 2. The van der Waals surface area contributed by atoms with Gasteiger partial charge in [-0.25, -0.2) is 9.59 Å². The van der Waals surface area contributed by atoms with Crippen LogP contribution in [0.3, 0.4) is 0 Å². The minimum Gasteiger partial charge on any atom is -0.463 e. The Balaban J connectivity index is 0. The predicted octanol–water partition coefficient (Wildman–Crippen LogP) is 8.15. The van der Waals surface area contributed by atoms with Crippen molar-refractivity contribution in [3.05, 3.63) is 24.8 Å². The van der Waals surface area contributed by atoms with E-state index in [9.17, 15) is 9.59 Å². The summed E-state index contributed by atoms with van der Waals surface area (Å²) in [5.74, 6) is -0.693. The van der Waals surface area contributed by atoms with Crippen molar-refractivity contribution in [2.45, 2.75) is 124 Å². The average Bonchev–Trinajstić information content (AvgIpc) is 2.68. The van der Waals surface area contributed by atoms with Crippen molar-refractivity contribution in [3.63, 3.8) is 0 Å². The van der Waals surface area contributed by atoms with Crippen LogP contribution in [-0.4, -0.2) is 75.5 Å². The molecule has 0 aliphatic carbocycles. The van der Waals surface area contributed by atoms with Gasteiger partial charge in [0.1, 0.15) is 0 Å². The van der Waals surface area contributed by atoms with Crippen LogP contribution in [0.5, 0.6) is 0 Å². The highest BCUT2D eigenvalue weighted by atomic mass is 28.5. The van der Waals surface area contributed by atoms with Crippen molar-refractivity contribution < 1.29 is 35.5 Å². The molecule has 0 saturated heterocycles. The molecule has 0 bridgehead atoms. The highest BCUT2D eigenvalue weighted by Gasteiger charge is 2.41. The Hall–Kier alpha value is -0.439. The highest BCUT2D eigenvalue weighted by molar-refractivity contribution is 6.88. The van der Waals surface area contributed by atoms with Crippen LogP contribution in [0.15, 0.2) is 24.8 Å². The van der Waals surface area contributed by atoms with E-state index in [1.807, 2.05) is 0 Å². The molecule has 0 aliphatic rings. The number of rotatable bonds is 18. The molecule has 0 rings (SSSR count). The van der Waals surface area contributed by atoms with Gasteiger partial charge in [-0.1, -0.05) is 13.2 Å². The van der Waals surface area contributed by atoms with Crippen molar-refractivity contribution >= 4 is 62.3 Å². The lowest BCUT2D eigenvalue weighted by molar-refractivity contribution is -0.139. The molecule has 0 radical (unpaired) electrons. The second-order valence-electron chi connectivity index (χ2n) is 14.6. The monoisotopic (exact) mass is 682 g/mol. The van der Waals surface area contributed by atoms with Gasteiger partial charge < -0.3 is 25.9 Å². The molecule has 8 nitrogen and oxygen atoms in total.